The maximum Gasteiger partial charge on any atom is 0.307 e. The average molecular weight is 418 g/mol. The zero-order valence-corrected chi connectivity index (χ0v) is 18.3. The molecule has 2 bridgehead atoms. The van der Waals surface area contributed by atoms with Crippen molar-refractivity contribution in [1.82, 2.24) is 5.32 Å². The molecule has 4 rings (SSSR count). The summed E-state index contributed by atoms with van der Waals surface area (Å²) in [6.45, 7) is 4.62. The van der Waals surface area contributed by atoms with Crippen LogP contribution in [-0.2, 0) is 9.59 Å². The zero-order chi connectivity index (χ0) is 22.0. The lowest BCUT2D eigenvalue weighted by atomic mass is 9.78. The molecule has 2 aromatic carbocycles. The molecule has 0 unspecified atom stereocenters. The van der Waals surface area contributed by atoms with Gasteiger partial charge in [-0.1, -0.05) is 71.8 Å². The van der Waals surface area contributed by atoms with E-state index in [9.17, 15) is 14.7 Å². The van der Waals surface area contributed by atoms with E-state index < -0.39 is 17.8 Å². The fourth-order valence-corrected chi connectivity index (χ4v) is 5.96. The Morgan fingerprint density at radius 2 is 1.42 bits per heavy atom. The van der Waals surface area contributed by atoms with Crippen molar-refractivity contribution in [2.24, 2.45) is 23.7 Å². The number of amides is 1. The van der Waals surface area contributed by atoms with Crippen LogP contribution in [0.1, 0.15) is 50.2 Å². The Morgan fingerprint density at radius 1 is 0.903 bits per heavy atom. The van der Waals surface area contributed by atoms with E-state index in [1.165, 1.54) is 22.3 Å². The van der Waals surface area contributed by atoms with Crippen molar-refractivity contribution in [3.8, 4) is 0 Å². The molecule has 4 heteroatoms. The summed E-state index contributed by atoms with van der Waals surface area (Å²) in [5, 5.41) is 13.0. The number of hydrogen-bond donors (Lipinski definition) is 2. The van der Waals surface area contributed by atoms with Crippen molar-refractivity contribution in [2.75, 3.05) is 6.54 Å². The molecule has 0 spiro atoms. The highest BCUT2D eigenvalue weighted by atomic mass is 16.4. The third-order valence-electron chi connectivity index (χ3n) is 7.14. The van der Waals surface area contributed by atoms with E-state index in [1.807, 2.05) is 50.2 Å². The first-order chi connectivity index (χ1) is 15.0. The molecule has 4 nitrogen and oxygen atoms in total. The van der Waals surface area contributed by atoms with Gasteiger partial charge in [0.1, 0.15) is 0 Å². The van der Waals surface area contributed by atoms with E-state index >= 15 is 0 Å². The second kappa shape index (κ2) is 9.09. The lowest BCUT2D eigenvalue weighted by Gasteiger charge is -2.27. The van der Waals surface area contributed by atoms with E-state index in [-0.39, 0.29) is 23.7 Å². The van der Waals surface area contributed by atoms with Crippen LogP contribution < -0.4 is 5.32 Å². The van der Waals surface area contributed by atoms with Crippen LogP contribution >= 0.6 is 0 Å². The van der Waals surface area contributed by atoms with Crippen molar-refractivity contribution in [3.05, 3.63) is 82.9 Å². The lowest BCUT2D eigenvalue weighted by Crippen LogP contribution is -2.41. The first-order valence-electron chi connectivity index (χ1n) is 11.3. The minimum Gasteiger partial charge on any atom is -0.481 e. The monoisotopic (exact) mass is 417 g/mol. The number of carbonyl (C=O) groups excluding carboxylic acids is 1. The number of carbonyl (C=O) groups is 2. The molecule has 162 valence electrons. The van der Waals surface area contributed by atoms with E-state index in [1.54, 1.807) is 0 Å². The summed E-state index contributed by atoms with van der Waals surface area (Å²) in [7, 11) is 0. The average Bonchev–Trinajstić information content (AvgIpc) is 3.34. The smallest absolute Gasteiger partial charge is 0.307 e. The fourth-order valence-electron chi connectivity index (χ4n) is 5.96. The number of hydrogen-bond acceptors (Lipinski definition) is 2. The SMILES string of the molecule is CC(C)=C1[C@@H]2CC[C@@H]1[C@@H](C(=O)NCCC(c1ccccc1)c1ccccc1)[C@H]2C(=O)O. The molecule has 2 N–H and O–H groups in total. The standard InChI is InChI=1S/C27H31NO3/c1-17(2)23-21-13-14-22(23)25(27(30)31)24(21)26(29)28-16-15-20(18-9-5-3-6-10-18)19-11-7-4-8-12-19/h3-12,20-22,24-25H,13-16H2,1-2H3,(H,28,29)(H,30,31)/t21-,22-,24+,25-/m0/s1. The van der Waals surface area contributed by atoms with Gasteiger partial charge in [-0.3, -0.25) is 9.59 Å². The molecule has 1 amide bonds. The van der Waals surface area contributed by atoms with Crippen LogP contribution in [0.5, 0.6) is 0 Å². The molecular weight excluding hydrogens is 386 g/mol. The summed E-state index contributed by atoms with van der Waals surface area (Å²) in [5.41, 5.74) is 4.84. The van der Waals surface area contributed by atoms with Gasteiger partial charge in [0.05, 0.1) is 11.8 Å². The molecule has 0 aromatic heterocycles. The van der Waals surface area contributed by atoms with Crippen molar-refractivity contribution in [2.45, 2.75) is 39.0 Å². The summed E-state index contributed by atoms with van der Waals surface area (Å²) in [6, 6.07) is 20.7. The highest BCUT2D eigenvalue weighted by Crippen LogP contribution is 2.57. The Bertz CT molecular complexity index is 923. The number of carboxylic acids is 1. The Morgan fingerprint density at radius 3 is 1.90 bits per heavy atom. The van der Waals surface area contributed by atoms with Crippen LogP contribution in [0.25, 0.3) is 0 Å². The molecule has 2 aliphatic rings. The summed E-state index contributed by atoms with van der Waals surface area (Å²) in [6.07, 6.45) is 2.58. The van der Waals surface area contributed by atoms with Crippen molar-refractivity contribution in [3.63, 3.8) is 0 Å². The van der Waals surface area contributed by atoms with Gasteiger partial charge in [0.25, 0.3) is 0 Å². The molecule has 2 aromatic rings. The summed E-state index contributed by atoms with van der Waals surface area (Å²) in [4.78, 5) is 25.2. The van der Waals surface area contributed by atoms with Crippen LogP contribution in [0.4, 0.5) is 0 Å². The first kappa shape index (κ1) is 21.4. The maximum absolute atomic E-state index is 13.2. The molecule has 31 heavy (non-hydrogen) atoms. The number of nitrogens with one attached hydrogen (secondary N) is 1. The number of carboxylic acid groups (broad SMARTS) is 1. The molecule has 0 aliphatic heterocycles. The van der Waals surface area contributed by atoms with Gasteiger partial charge in [-0.15, -0.1) is 0 Å². The third-order valence-corrected chi connectivity index (χ3v) is 7.14. The second-order valence-corrected chi connectivity index (χ2v) is 9.09. The first-order valence-corrected chi connectivity index (χ1v) is 11.3. The van der Waals surface area contributed by atoms with Gasteiger partial charge in [0.15, 0.2) is 0 Å². The number of allylic oxidation sites excluding steroid dienone is 2. The molecule has 2 fully saturated rings. The third kappa shape index (κ3) is 4.16. The van der Waals surface area contributed by atoms with E-state index in [4.69, 9.17) is 0 Å². The topological polar surface area (TPSA) is 66.4 Å². The minimum atomic E-state index is -0.836. The van der Waals surface area contributed by atoms with Crippen LogP contribution in [0.15, 0.2) is 71.8 Å². The quantitative estimate of drug-likeness (QED) is 0.622. The second-order valence-electron chi connectivity index (χ2n) is 9.09. The largest absolute Gasteiger partial charge is 0.481 e. The van der Waals surface area contributed by atoms with Crippen molar-refractivity contribution >= 4 is 11.9 Å². The van der Waals surface area contributed by atoms with Gasteiger partial charge in [-0.2, -0.15) is 0 Å². The molecule has 2 saturated carbocycles. The van der Waals surface area contributed by atoms with Crippen LogP contribution in [0.3, 0.4) is 0 Å². The van der Waals surface area contributed by atoms with E-state index in [2.05, 4.69) is 29.6 Å². The number of aliphatic carboxylic acids is 1. The Hall–Kier alpha value is -2.88. The molecular formula is C27H31NO3. The number of benzene rings is 2. The normalized spacial score (nSPS) is 24.4. The fraction of sp³-hybridized carbons (Fsp3) is 0.407. The van der Waals surface area contributed by atoms with Gasteiger partial charge in [-0.05, 0) is 56.1 Å². The molecule has 2 aliphatic carbocycles. The van der Waals surface area contributed by atoms with Gasteiger partial charge in [-0.25, -0.2) is 0 Å². The summed E-state index contributed by atoms with van der Waals surface area (Å²) >= 11 is 0. The number of fused-ring (bicyclic) bond motifs is 2. The lowest BCUT2D eigenvalue weighted by molar-refractivity contribution is -0.149. The van der Waals surface area contributed by atoms with Gasteiger partial charge in [0.2, 0.25) is 5.91 Å². The van der Waals surface area contributed by atoms with Crippen LogP contribution in [0, 0.1) is 23.7 Å². The molecule has 0 radical (unpaired) electrons. The Labute approximate surface area is 184 Å². The molecule has 0 heterocycles. The predicted molar refractivity (Wildman–Crippen MR) is 122 cm³/mol. The summed E-state index contributed by atoms with van der Waals surface area (Å²) < 4.78 is 0. The van der Waals surface area contributed by atoms with Gasteiger partial charge in [0, 0.05) is 12.5 Å². The van der Waals surface area contributed by atoms with Crippen LogP contribution in [0.2, 0.25) is 0 Å². The molecule has 0 saturated heterocycles. The highest BCUT2D eigenvalue weighted by molar-refractivity contribution is 5.87. The van der Waals surface area contributed by atoms with Crippen LogP contribution in [-0.4, -0.2) is 23.5 Å². The van der Waals surface area contributed by atoms with E-state index in [0.717, 1.165) is 19.3 Å². The molecule has 4 atom stereocenters. The Balaban J connectivity index is 1.48. The minimum absolute atomic E-state index is 0.0182. The number of rotatable bonds is 7. The van der Waals surface area contributed by atoms with E-state index in [0.29, 0.717) is 6.54 Å². The van der Waals surface area contributed by atoms with Gasteiger partial charge >= 0.3 is 5.97 Å². The summed E-state index contributed by atoms with van der Waals surface area (Å²) in [5.74, 6) is -1.70. The van der Waals surface area contributed by atoms with Gasteiger partial charge < -0.3 is 10.4 Å². The highest BCUT2D eigenvalue weighted by Gasteiger charge is 2.57. The van der Waals surface area contributed by atoms with Crippen molar-refractivity contribution in [1.29, 1.82) is 0 Å². The Kier molecular flexibility index (Phi) is 6.26. The zero-order valence-electron chi connectivity index (χ0n) is 18.3. The maximum atomic E-state index is 13.2. The predicted octanol–water partition coefficient (Wildman–Crippen LogP) is 5.02. The van der Waals surface area contributed by atoms with Crippen molar-refractivity contribution < 1.29 is 14.7 Å².